The van der Waals surface area contributed by atoms with Gasteiger partial charge in [-0.2, -0.15) is 0 Å². The Labute approximate surface area is 168 Å². The van der Waals surface area contributed by atoms with Crippen LogP contribution in [0.3, 0.4) is 0 Å². The molecule has 3 aromatic carbocycles. The lowest BCUT2D eigenvalue weighted by atomic mass is 9.95. The molecule has 3 aromatic rings. The van der Waals surface area contributed by atoms with Gasteiger partial charge in [0.25, 0.3) is 5.91 Å². The molecule has 0 fully saturated rings. The van der Waals surface area contributed by atoms with Crippen molar-refractivity contribution in [2.75, 3.05) is 6.61 Å². The molecular formula is C22H19Cl2NO2. The Morgan fingerprint density at radius 3 is 2.41 bits per heavy atom. The maximum atomic E-state index is 12.6. The standard InChI is InChI=1S/C22H19Cl2NO2/c1-15-7-5-6-10-18(15)22(16-8-3-2-4-9-16)25-21(26)14-27-20-12-11-17(23)13-19(20)24/h2-13,22H,14H2,1H3,(H,25,26)/t22-/m0/s1. The highest BCUT2D eigenvalue weighted by molar-refractivity contribution is 6.35. The summed E-state index contributed by atoms with van der Waals surface area (Å²) in [5.74, 6) is 0.182. The quantitative estimate of drug-likeness (QED) is 0.586. The van der Waals surface area contributed by atoms with E-state index in [9.17, 15) is 4.79 Å². The van der Waals surface area contributed by atoms with Crippen molar-refractivity contribution in [1.29, 1.82) is 0 Å². The Hall–Kier alpha value is -2.49. The van der Waals surface area contributed by atoms with Gasteiger partial charge in [0, 0.05) is 5.02 Å². The van der Waals surface area contributed by atoms with Gasteiger partial charge in [0.15, 0.2) is 6.61 Å². The van der Waals surface area contributed by atoms with E-state index in [0.29, 0.717) is 15.8 Å². The van der Waals surface area contributed by atoms with Crippen LogP contribution in [0.1, 0.15) is 22.7 Å². The first-order valence-electron chi connectivity index (χ1n) is 8.52. The summed E-state index contributed by atoms with van der Waals surface area (Å²) in [7, 11) is 0. The number of nitrogens with one attached hydrogen (secondary N) is 1. The molecule has 3 rings (SSSR count). The Morgan fingerprint density at radius 1 is 1.00 bits per heavy atom. The summed E-state index contributed by atoms with van der Waals surface area (Å²) in [6.07, 6.45) is 0. The second-order valence-corrected chi connectivity index (χ2v) is 6.97. The first kappa shape index (κ1) is 19.3. The summed E-state index contributed by atoms with van der Waals surface area (Å²) >= 11 is 12.0. The minimum atomic E-state index is -0.260. The summed E-state index contributed by atoms with van der Waals surface area (Å²) in [4.78, 5) is 12.6. The third-order valence-corrected chi connectivity index (χ3v) is 4.72. The molecule has 0 saturated carbocycles. The summed E-state index contributed by atoms with van der Waals surface area (Å²) < 4.78 is 5.55. The van der Waals surface area contributed by atoms with E-state index in [2.05, 4.69) is 5.32 Å². The molecule has 3 nitrogen and oxygen atoms in total. The van der Waals surface area contributed by atoms with Crippen LogP contribution < -0.4 is 10.1 Å². The number of carbonyl (C=O) groups excluding carboxylic acids is 1. The topological polar surface area (TPSA) is 38.3 Å². The van der Waals surface area contributed by atoms with Gasteiger partial charge in [0.2, 0.25) is 0 Å². The average molecular weight is 400 g/mol. The van der Waals surface area contributed by atoms with E-state index < -0.39 is 0 Å². The zero-order valence-corrected chi connectivity index (χ0v) is 16.3. The van der Waals surface area contributed by atoms with E-state index in [1.54, 1.807) is 18.2 Å². The maximum absolute atomic E-state index is 12.6. The van der Waals surface area contributed by atoms with Crippen LogP contribution in [0.2, 0.25) is 10.0 Å². The van der Waals surface area contributed by atoms with Gasteiger partial charge in [-0.1, -0.05) is 77.8 Å². The minimum Gasteiger partial charge on any atom is -0.482 e. The van der Waals surface area contributed by atoms with Crippen LogP contribution in [0, 0.1) is 6.92 Å². The van der Waals surface area contributed by atoms with E-state index in [1.807, 2.05) is 61.5 Å². The van der Waals surface area contributed by atoms with Gasteiger partial charge in [-0.15, -0.1) is 0 Å². The molecule has 0 radical (unpaired) electrons. The monoisotopic (exact) mass is 399 g/mol. The van der Waals surface area contributed by atoms with E-state index >= 15 is 0 Å². The summed E-state index contributed by atoms with van der Waals surface area (Å²) in [6, 6.07) is 22.5. The van der Waals surface area contributed by atoms with Gasteiger partial charge >= 0.3 is 0 Å². The predicted octanol–water partition coefficient (Wildman–Crippen LogP) is 5.59. The number of amides is 1. The fourth-order valence-corrected chi connectivity index (χ4v) is 3.30. The van der Waals surface area contributed by atoms with Crippen molar-refractivity contribution >= 4 is 29.1 Å². The lowest BCUT2D eigenvalue weighted by molar-refractivity contribution is -0.123. The van der Waals surface area contributed by atoms with Crippen molar-refractivity contribution in [3.63, 3.8) is 0 Å². The van der Waals surface area contributed by atoms with Gasteiger partial charge in [-0.3, -0.25) is 4.79 Å². The van der Waals surface area contributed by atoms with Crippen molar-refractivity contribution in [2.24, 2.45) is 0 Å². The summed E-state index contributed by atoms with van der Waals surface area (Å²) in [5, 5.41) is 3.94. The van der Waals surface area contributed by atoms with Crippen molar-refractivity contribution in [3.8, 4) is 5.75 Å². The van der Waals surface area contributed by atoms with Crippen molar-refractivity contribution in [3.05, 3.63) is 99.5 Å². The van der Waals surface area contributed by atoms with Gasteiger partial charge in [-0.25, -0.2) is 0 Å². The number of benzene rings is 3. The lowest BCUT2D eigenvalue weighted by Gasteiger charge is -2.22. The zero-order chi connectivity index (χ0) is 19.2. The highest BCUT2D eigenvalue weighted by atomic mass is 35.5. The Balaban J connectivity index is 1.76. The van der Waals surface area contributed by atoms with Crippen molar-refractivity contribution in [1.82, 2.24) is 5.32 Å². The van der Waals surface area contributed by atoms with Crippen molar-refractivity contribution < 1.29 is 9.53 Å². The van der Waals surface area contributed by atoms with Gasteiger partial charge in [0.05, 0.1) is 11.1 Å². The second kappa shape index (κ2) is 8.94. The predicted molar refractivity (Wildman–Crippen MR) is 110 cm³/mol. The lowest BCUT2D eigenvalue weighted by Crippen LogP contribution is -2.33. The van der Waals surface area contributed by atoms with Crippen LogP contribution in [0.15, 0.2) is 72.8 Å². The molecule has 27 heavy (non-hydrogen) atoms. The highest BCUT2D eigenvalue weighted by Gasteiger charge is 2.19. The smallest absolute Gasteiger partial charge is 0.258 e. The Morgan fingerprint density at radius 2 is 1.70 bits per heavy atom. The van der Waals surface area contributed by atoms with E-state index in [1.165, 1.54) is 0 Å². The number of carbonyl (C=O) groups is 1. The molecule has 5 heteroatoms. The molecule has 1 N–H and O–H groups in total. The highest BCUT2D eigenvalue weighted by Crippen LogP contribution is 2.28. The van der Waals surface area contributed by atoms with Gasteiger partial charge in [-0.05, 0) is 41.8 Å². The molecule has 1 atom stereocenters. The van der Waals surface area contributed by atoms with Crippen LogP contribution in [0.4, 0.5) is 0 Å². The molecule has 1 amide bonds. The number of halogens is 2. The largest absolute Gasteiger partial charge is 0.482 e. The summed E-state index contributed by atoms with van der Waals surface area (Å²) in [6.45, 7) is 1.89. The van der Waals surface area contributed by atoms with Gasteiger partial charge < -0.3 is 10.1 Å². The molecule has 0 aliphatic carbocycles. The van der Waals surface area contributed by atoms with Crippen LogP contribution in [0.5, 0.6) is 5.75 Å². The first-order valence-corrected chi connectivity index (χ1v) is 9.28. The molecular weight excluding hydrogens is 381 g/mol. The molecule has 0 aliphatic rings. The normalized spacial score (nSPS) is 11.7. The molecule has 0 unspecified atom stereocenters. The van der Waals surface area contributed by atoms with Crippen molar-refractivity contribution in [2.45, 2.75) is 13.0 Å². The molecule has 0 aliphatic heterocycles. The molecule has 0 saturated heterocycles. The van der Waals surface area contributed by atoms with Gasteiger partial charge in [0.1, 0.15) is 5.75 Å². The molecule has 0 bridgehead atoms. The number of hydrogen-bond acceptors (Lipinski definition) is 2. The summed E-state index contributed by atoms with van der Waals surface area (Å²) in [5.41, 5.74) is 3.15. The zero-order valence-electron chi connectivity index (χ0n) is 14.8. The number of aryl methyl sites for hydroxylation is 1. The molecule has 0 aromatic heterocycles. The minimum absolute atomic E-state index is 0.142. The number of rotatable bonds is 6. The maximum Gasteiger partial charge on any atom is 0.258 e. The van der Waals surface area contributed by atoms with E-state index in [0.717, 1.165) is 16.7 Å². The van der Waals surface area contributed by atoms with Crippen LogP contribution in [0.25, 0.3) is 0 Å². The first-order chi connectivity index (χ1) is 13.0. The Bertz CT molecular complexity index is 929. The molecule has 0 spiro atoms. The number of hydrogen-bond donors (Lipinski definition) is 1. The van der Waals surface area contributed by atoms with Crippen LogP contribution >= 0.6 is 23.2 Å². The molecule has 0 heterocycles. The average Bonchev–Trinajstić information content (AvgIpc) is 2.67. The fourth-order valence-electron chi connectivity index (χ4n) is 2.84. The second-order valence-electron chi connectivity index (χ2n) is 6.13. The SMILES string of the molecule is Cc1ccccc1[C@@H](NC(=O)COc1ccc(Cl)cc1Cl)c1ccccc1. The van der Waals surface area contributed by atoms with E-state index in [-0.39, 0.29) is 18.6 Å². The third-order valence-electron chi connectivity index (χ3n) is 4.19. The van der Waals surface area contributed by atoms with E-state index in [4.69, 9.17) is 27.9 Å². The van der Waals surface area contributed by atoms with Crippen LogP contribution in [-0.2, 0) is 4.79 Å². The van der Waals surface area contributed by atoms with Crippen LogP contribution in [-0.4, -0.2) is 12.5 Å². The Kier molecular flexibility index (Phi) is 6.38. The fraction of sp³-hybridized carbons (Fsp3) is 0.136. The number of ether oxygens (including phenoxy) is 1. The molecule has 138 valence electrons. The third kappa shape index (κ3) is 5.03.